The van der Waals surface area contributed by atoms with Crippen molar-refractivity contribution in [3.05, 3.63) is 35.0 Å². The number of hydrogen-bond acceptors (Lipinski definition) is 4. The number of carboxylic acid groups (broad SMARTS) is 1. The number of hydrogen-bond donors (Lipinski definition) is 1. The largest absolute Gasteiger partial charge is 0.477 e. The molecule has 2 heterocycles. The second kappa shape index (κ2) is 4.54. The zero-order valence-corrected chi connectivity index (χ0v) is 9.12. The molecule has 0 saturated carbocycles. The fraction of sp³-hybridized carbons (Fsp3) is 0.100. The molecule has 0 fully saturated rings. The molecule has 0 saturated heterocycles. The van der Waals surface area contributed by atoms with Crippen molar-refractivity contribution in [1.29, 1.82) is 0 Å². The van der Waals surface area contributed by atoms with Crippen LogP contribution in [0.25, 0.3) is 10.7 Å². The SMILES string of the molecule is O=C(O)c1ccnc(-c2ccc(C(F)F)s2)n1. The lowest BCUT2D eigenvalue weighted by molar-refractivity contribution is 0.0690. The summed E-state index contributed by atoms with van der Waals surface area (Å²) in [5.74, 6) is -1.04. The Labute approximate surface area is 98.6 Å². The van der Waals surface area contributed by atoms with E-state index in [2.05, 4.69) is 9.97 Å². The monoisotopic (exact) mass is 256 g/mol. The van der Waals surface area contributed by atoms with Gasteiger partial charge in [0.15, 0.2) is 11.5 Å². The molecule has 4 nitrogen and oxygen atoms in total. The predicted octanol–water partition coefficient (Wildman–Crippen LogP) is 2.84. The standard InChI is InChI=1S/C10H6F2N2O2S/c11-8(12)6-1-2-7(17-6)9-13-4-3-5(14-9)10(15)16/h1-4,8H,(H,15,16). The Morgan fingerprint density at radius 1 is 1.35 bits per heavy atom. The Hall–Kier alpha value is -1.89. The number of rotatable bonds is 3. The molecule has 7 heteroatoms. The van der Waals surface area contributed by atoms with Crippen molar-refractivity contribution in [2.24, 2.45) is 0 Å². The number of nitrogens with zero attached hydrogens (tertiary/aromatic N) is 2. The first-order valence-corrected chi connectivity index (χ1v) is 5.34. The highest BCUT2D eigenvalue weighted by atomic mass is 32.1. The summed E-state index contributed by atoms with van der Waals surface area (Å²) in [4.78, 5) is 18.6. The van der Waals surface area contributed by atoms with Gasteiger partial charge in [0.1, 0.15) is 0 Å². The number of carbonyl (C=O) groups is 1. The van der Waals surface area contributed by atoms with Crippen LogP contribution in [0.1, 0.15) is 21.8 Å². The van der Waals surface area contributed by atoms with Gasteiger partial charge in [0, 0.05) is 6.20 Å². The molecule has 0 radical (unpaired) electrons. The minimum Gasteiger partial charge on any atom is -0.477 e. The number of alkyl halides is 2. The van der Waals surface area contributed by atoms with Gasteiger partial charge in [-0.3, -0.25) is 0 Å². The minimum absolute atomic E-state index is 0.0932. The normalized spacial score (nSPS) is 10.8. The van der Waals surface area contributed by atoms with E-state index in [4.69, 9.17) is 5.11 Å². The van der Waals surface area contributed by atoms with Gasteiger partial charge >= 0.3 is 5.97 Å². The van der Waals surface area contributed by atoms with Crippen LogP contribution in [-0.4, -0.2) is 21.0 Å². The van der Waals surface area contributed by atoms with Gasteiger partial charge in [-0.1, -0.05) is 0 Å². The average molecular weight is 256 g/mol. The molecule has 0 unspecified atom stereocenters. The molecular weight excluding hydrogens is 250 g/mol. The molecule has 0 spiro atoms. The zero-order chi connectivity index (χ0) is 12.4. The van der Waals surface area contributed by atoms with E-state index in [-0.39, 0.29) is 16.4 Å². The van der Waals surface area contributed by atoms with Gasteiger partial charge in [-0.05, 0) is 18.2 Å². The smallest absolute Gasteiger partial charge is 0.354 e. The van der Waals surface area contributed by atoms with Crippen LogP contribution in [0.3, 0.4) is 0 Å². The maximum Gasteiger partial charge on any atom is 0.354 e. The van der Waals surface area contributed by atoms with E-state index in [1.54, 1.807) is 0 Å². The molecule has 2 aromatic rings. The summed E-state index contributed by atoms with van der Waals surface area (Å²) in [7, 11) is 0. The molecule has 17 heavy (non-hydrogen) atoms. The molecule has 0 aliphatic heterocycles. The zero-order valence-electron chi connectivity index (χ0n) is 8.30. The van der Waals surface area contributed by atoms with E-state index in [1.807, 2.05) is 0 Å². The Balaban J connectivity index is 2.38. The lowest BCUT2D eigenvalue weighted by Crippen LogP contribution is -2.01. The van der Waals surface area contributed by atoms with Crippen molar-refractivity contribution < 1.29 is 18.7 Å². The van der Waals surface area contributed by atoms with Crippen LogP contribution in [-0.2, 0) is 0 Å². The lowest BCUT2D eigenvalue weighted by Gasteiger charge is -1.97. The van der Waals surface area contributed by atoms with E-state index < -0.39 is 12.4 Å². The van der Waals surface area contributed by atoms with E-state index in [0.29, 0.717) is 4.88 Å². The molecule has 0 aliphatic rings. The summed E-state index contributed by atoms with van der Waals surface area (Å²) < 4.78 is 24.8. The molecule has 2 rings (SSSR count). The quantitative estimate of drug-likeness (QED) is 0.917. The first-order chi connectivity index (χ1) is 8.08. The van der Waals surface area contributed by atoms with Crippen LogP contribution in [0.2, 0.25) is 0 Å². The van der Waals surface area contributed by atoms with Crippen molar-refractivity contribution >= 4 is 17.3 Å². The van der Waals surface area contributed by atoms with Crippen molar-refractivity contribution in [2.45, 2.75) is 6.43 Å². The van der Waals surface area contributed by atoms with Gasteiger partial charge in [-0.25, -0.2) is 23.5 Å². The number of thiophene rings is 1. The second-order valence-electron chi connectivity index (χ2n) is 3.07. The Morgan fingerprint density at radius 2 is 2.12 bits per heavy atom. The van der Waals surface area contributed by atoms with Gasteiger partial charge in [0.05, 0.1) is 9.75 Å². The van der Waals surface area contributed by atoms with Crippen LogP contribution in [0, 0.1) is 0 Å². The summed E-state index contributed by atoms with van der Waals surface area (Å²) in [5.41, 5.74) is -0.165. The molecule has 2 aromatic heterocycles. The summed E-state index contributed by atoms with van der Waals surface area (Å²) in [6.07, 6.45) is -1.26. The van der Waals surface area contributed by atoms with Crippen LogP contribution >= 0.6 is 11.3 Å². The third-order valence-corrected chi connectivity index (χ3v) is 3.03. The van der Waals surface area contributed by atoms with Crippen LogP contribution in [0.4, 0.5) is 8.78 Å². The summed E-state index contributed by atoms with van der Waals surface area (Å²) >= 11 is 0.847. The summed E-state index contributed by atoms with van der Waals surface area (Å²) in [6.45, 7) is 0. The van der Waals surface area contributed by atoms with Crippen LogP contribution in [0.5, 0.6) is 0 Å². The average Bonchev–Trinajstić information content (AvgIpc) is 2.78. The molecule has 0 bridgehead atoms. The maximum atomic E-state index is 12.4. The highest BCUT2D eigenvalue weighted by Crippen LogP contribution is 2.31. The van der Waals surface area contributed by atoms with E-state index in [1.165, 1.54) is 24.4 Å². The fourth-order valence-electron chi connectivity index (χ4n) is 1.19. The molecule has 88 valence electrons. The fourth-order valence-corrected chi connectivity index (χ4v) is 1.99. The third-order valence-electron chi connectivity index (χ3n) is 1.94. The highest BCUT2D eigenvalue weighted by molar-refractivity contribution is 7.15. The molecule has 0 aliphatic carbocycles. The Bertz CT molecular complexity index is 557. The van der Waals surface area contributed by atoms with E-state index in [0.717, 1.165) is 11.3 Å². The molecular formula is C10H6F2N2O2S. The van der Waals surface area contributed by atoms with Crippen molar-refractivity contribution in [3.63, 3.8) is 0 Å². The number of aromatic nitrogens is 2. The summed E-state index contributed by atoms with van der Waals surface area (Å²) in [6, 6.07) is 3.97. The minimum atomic E-state index is -2.54. The maximum absolute atomic E-state index is 12.4. The number of halogens is 2. The molecule has 0 atom stereocenters. The van der Waals surface area contributed by atoms with E-state index in [9.17, 15) is 13.6 Å². The van der Waals surface area contributed by atoms with Crippen LogP contribution < -0.4 is 0 Å². The Morgan fingerprint density at radius 3 is 2.71 bits per heavy atom. The first-order valence-electron chi connectivity index (χ1n) is 4.52. The van der Waals surface area contributed by atoms with Gasteiger partial charge in [0.2, 0.25) is 0 Å². The topological polar surface area (TPSA) is 63.1 Å². The van der Waals surface area contributed by atoms with Gasteiger partial charge < -0.3 is 5.11 Å². The van der Waals surface area contributed by atoms with Gasteiger partial charge in [-0.2, -0.15) is 0 Å². The summed E-state index contributed by atoms with van der Waals surface area (Å²) in [5, 5.41) is 8.74. The first kappa shape index (κ1) is 11.6. The lowest BCUT2D eigenvalue weighted by atomic mass is 10.3. The Kier molecular flexibility index (Phi) is 3.10. The highest BCUT2D eigenvalue weighted by Gasteiger charge is 2.14. The molecule has 0 aromatic carbocycles. The molecule has 1 N–H and O–H groups in total. The van der Waals surface area contributed by atoms with Gasteiger partial charge in [0.25, 0.3) is 6.43 Å². The van der Waals surface area contributed by atoms with Crippen LogP contribution in [0.15, 0.2) is 24.4 Å². The second-order valence-corrected chi connectivity index (χ2v) is 4.19. The van der Waals surface area contributed by atoms with Crippen molar-refractivity contribution in [2.75, 3.05) is 0 Å². The number of carboxylic acids is 1. The van der Waals surface area contributed by atoms with Crippen molar-refractivity contribution in [1.82, 2.24) is 9.97 Å². The molecule has 0 amide bonds. The number of aromatic carboxylic acids is 1. The predicted molar refractivity (Wildman–Crippen MR) is 57.3 cm³/mol. The van der Waals surface area contributed by atoms with Crippen molar-refractivity contribution in [3.8, 4) is 10.7 Å². The van der Waals surface area contributed by atoms with Gasteiger partial charge in [-0.15, -0.1) is 11.3 Å². The third kappa shape index (κ3) is 2.44. The van der Waals surface area contributed by atoms with E-state index >= 15 is 0 Å².